The first-order chi connectivity index (χ1) is 7.84. The molecular weight excluding hydrogens is 237 g/mol. The van der Waals surface area contributed by atoms with Crippen LogP contribution in [-0.2, 0) is 11.0 Å². The van der Waals surface area contributed by atoms with Gasteiger partial charge >= 0.3 is 6.18 Å². The maximum atomic E-state index is 12.3. The lowest BCUT2D eigenvalue weighted by atomic mass is 10.2. The maximum absolute atomic E-state index is 12.3. The molecule has 0 aromatic carbocycles. The van der Waals surface area contributed by atoms with Crippen LogP contribution in [0.2, 0.25) is 0 Å². The summed E-state index contributed by atoms with van der Waals surface area (Å²) in [4.78, 5) is 13.7. The molecule has 0 saturated carbocycles. The van der Waals surface area contributed by atoms with Gasteiger partial charge in [0.05, 0.1) is 12.1 Å². The maximum Gasteiger partial charge on any atom is 0.433 e. The summed E-state index contributed by atoms with van der Waals surface area (Å²) in [5.41, 5.74) is 3.57. The van der Waals surface area contributed by atoms with Crippen molar-refractivity contribution in [2.75, 3.05) is 11.9 Å². The number of aromatic nitrogens is 1. The van der Waals surface area contributed by atoms with Crippen LogP contribution in [0.25, 0.3) is 0 Å². The topological polar surface area (TPSA) is 91.8 Å². The Bertz CT molecular complexity index is 478. The summed E-state index contributed by atoms with van der Waals surface area (Å²) in [6.45, 7) is -0.400. The Morgan fingerprint density at radius 3 is 2.65 bits per heavy atom. The smallest absolute Gasteiger partial charge is 0.368 e. The number of hydrogen-bond donors (Lipinski definition) is 2. The number of nitriles is 1. The molecule has 8 heteroatoms. The van der Waals surface area contributed by atoms with Crippen molar-refractivity contribution in [3.8, 4) is 6.07 Å². The predicted molar refractivity (Wildman–Crippen MR) is 51.6 cm³/mol. The summed E-state index contributed by atoms with van der Waals surface area (Å²) in [5, 5.41) is 10.9. The van der Waals surface area contributed by atoms with Gasteiger partial charge in [-0.3, -0.25) is 4.79 Å². The molecule has 0 bridgehead atoms. The quantitative estimate of drug-likeness (QED) is 0.825. The molecule has 1 amide bonds. The Labute approximate surface area is 94.1 Å². The number of primary amides is 1. The van der Waals surface area contributed by atoms with Gasteiger partial charge in [0.2, 0.25) is 5.91 Å². The Balaban J connectivity index is 3.08. The zero-order chi connectivity index (χ0) is 13.1. The third kappa shape index (κ3) is 3.34. The first kappa shape index (κ1) is 12.8. The number of alkyl halides is 3. The molecule has 17 heavy (non-hydrogen) atoms. The van der Waals surface area contributed by atoms with Gasteiger partial charge in [-0.2, -0.15) is 18.4 Å². The van der Waals surface area contributed by atoms with Crippen LogP contribution in [0.15, 0.2) is 12.1 Å². The highest BCUT2D eigenvalue weighted by Crippen LogP contribution is 2.29. The summed E-state index contributed by atoms with van der Waals surface area (Å²) in [6.07, 6.45) is -4.61. The molecule has 0 saturated heterocycles. The number of nitrogens with one attached hydrogen (secondary N) is 1. The summed E-state index contributed by atoms with van der Waals surface area (Å²) in [6, 6.07) is 3.31. The Morgan fingerprint density at radius 1 is 1.53 bits per heavy atom. The normalized spacial score (nSPS) is 10.7. The summed E-state index contributed by atoms with van der Waals surface area (Å²) in [7, 11) is 0. The van der Waals surface area contributed by atoms with Gasteiger partial charge in [0.1, 0.15) is 17.6 Å². The van der Waals surface area contributed by atoms with Crippen molar-refractivity contribution in [1.82, 2.24) is 4.98 Å². The average Bonchev–Trinajstić information content (AvgIpc) is 2.24. The van der Waals surface area contributed by atoms with Gasteiger partial charge in [-0.15, -0.1) is 0 Å². The monoisotopic (exact) mass is 244 g/mol. The number of nitrogens with zero attached hydrogens (tertiary/aromatic N) is 2. The standard InChI is InChI=1S/C9H7F3N4O/c10-9(11,12)6-2-1-5(3-13)8(16-6)15-4-7(14)17/h1-2H,4H2,(H2,14,17)(H,15,16). The highest BCUT2D eigenvalue weighted by atomic mass is 19.4. The third-order valence-corrected chi connectivity index (χ3v) is 1.74. The largest absolute Gasteiger partial charge is 0.433 e. The summed E-state index contributed by atoms with van der Waals surface area (Å²) in [5.74, 6) is -1.09. The Hall–Kier alpha value is -2.30. The van der Waals surface area contributed by atoms with E-state index in [4.69, 9.17) is 11.0 Å². The number of nitrogens with two attached hydrogens (primary N) is 1. The van der Waals surface area contributed by atoms with Gasteiger partial charge in [-0.25, -0.2) is 4.98 Å². The Kier molecular flexibility index (Phi) is 3.52. The predicted octanol–water partition coefficient (Wildman–Crippen LogP) is 0.869. The van der Waals surface area contributed by atoms with Crippen LogP contribution >= 0.6 is 0 Å². The lowest BCUT2D eigenvalue weighted by Gasteiger charge is -2.09. The fraction of sp³-hybridized carbons (Fsp3) is 0.222. The molecule has 1 aromatic heterocycles. The zero-order valence-corrected chi connectivity index (χ0v) is 8.38. The second-order valence-corrected chi connectivity index (χ2v) is 3.02. The highest BCUT2D eigenvalue weighted by molar-refractivity contribution is 5.78. The van der Waals surface area contributed by atoms with Crippen LogP contribution in [0, 0.1) is 11.3 Å². The number of pyridine rings is 1. The fourth-order valence-corrected chi connectivity index (χ4v) is 1.01. The SMILES string of the molecule is N#Cc1ccc(C(F)(F)F)nc1NCC(N)=O. The molecule has 1 aromatic rings. The van der Waals surface area contributed by atoms with E-state index < -0.39 is 24.3 Å². The second-order valence-electron chi connectivity index (χ2n) is 3.02. The van der Waals surface area contributed by atoms with Crippen molar-refractivity contribution in [2.45, 2.75) is 6.18 Å². The van der Waals surface area contributed by atoms with Crippen molar-refractivity contribution in [2.24, 2.45) is 5.73 Å². The number of halogens is 3. The van der Waals surface area contributed by atoms with Crippen molar-refractivity contribution in [3.05, 3.63) is 23.4 Å². The molecule has 1 heterocycles. The molecule has 0 spiro atoms. The van der Waals surface area contributed by atoms with Crippen molar-refractivity contribution in [1.29, 1.82) is 5.26 Å². The molecule has 0 aliphatic heterocycles. The molecule has 5 nitrogen and oxygen atoms in total. The lowest BCUT2D eigenvalue weighted by molar-refractivity contribution is -0.141. The number of carbonyl (C=O) groups excluding carboxylic acids is 1. The van der Waals surface area contributed by atoms with Gasteiger partial charge in [-0.05, 0) is 12.1 Å². The van der Waals surface area contributed by atoms with Gasteiger partial charge in [0.15, 0.2) is 0 Å². The fourth-order valence-electron chi connectivity index (χ4n) is 1.01. The molecule has 0 aliphatic carbocycles. The van der Waals surface area contributed by atoms with E-state index in [1.165, 1.54) is 0 Å². The van der Waals surface area contributed by atoms with E-state index in [1.807, 2.05) is 0 Å². The summed E-state index contributed by atoms with van der Waals surface area (Å²) >= 11 is 0. The molecule has 0 atom stereocenters. The minimum atomic E-state index is -4.61. The molecule has 3 N–H and O–H groups in total. The number of amides is 1. The van der Waals surface area contributed by atoms with Crippen molar-refractivity contribution in [3.63, 3.8) is 0 Å². The van der Waals surface area contributed by atoms with E-state index in [0.29, 0.717) is 6.07 Å². The van der Waals surface area contributed by atoms with Crippen LogP contribution in [0.1, 0.15) is 11.3 Å². The molecule has 1 rings (SSSR count). The molecule has 0 aliphatic rings. The van der Waals surface area contributed by atoms with Gasteiger partial charge < -0.3 is 11.1 Å². The van der Waals surface area contributed by atoms with Crippen LogP contribution in [0.4, 0.5) is 19.0 Å². The van der Waals surface area contributed by atoms with Crippen molar-refractivity contribution >= 4 is 11.7 Å². The molecule has 90 valence electrons. The lowest BCUT2D eigenvalue weighted by Crippen LogP contribution is -2.23. The van der Waals surface area contributed by atoms with E-state index in [9.17, 15) is 18.0 Å². The zero-order valence-electron chi connectivity index (χ0n) is 8.38. The first-order valence-electron chi connectivity index (χ1n) is 4.35. The number of rotatable bonds is 3. The van der Waals surface area contributed by atoms with E-state index in [2.05, 4.69) is 10.3 Å². The molecule has 0 fully saturated rings. The van der Waals surface area contributed by atoms with Gasteiger partial charge in [0.25, 0.3) is 0 Å². The van der Waals surface area contributed by atoms with E-state index >= 15 is 0 Å². The van der Waals surface area contributed by atoms with Gasteiger partial charge in [-0.1, -0.05) is 0 Å². The Morgan fingerprint density at radius 2 is 2.18 bits per heavy atom. The van der Waals surface area contributed by atoms with E-state index in [-0.39, 0.29) is 11.4 Å². The van der Waals surface area contributed by atoms with Crippen molar-refractivity contribution < 1.29 is 18.0 Å². The molecular formula is C9H7F3N4O. The van der Waals surface area contributed by atoms with Crippen LogP contribution in [-0.4, -0.2) is 17.4 Å². The number of anilines is 1. The van der Waals surface area contributed by atoms with Crippen LogP contribution in [0.5, 0.6) is 0 Å². The van der Waals surface area contributed by atoms with E-state index in [1.54, 1.807) is 6.07 Å². The van der Waals surface area contributed by atoms with E-state index in [0.717, 1.165) is 6.07 Å². The summed E-state index contributed by atoms with van der Waals surface area (Å²) < 4.78 is 37.0. The number of hydrogen-bond acceptors (Lipinski definition) is 4. The van der Waals surface area contributed by atoms with Crippen LogP contribution in [0.3, 0.4) is 0 Å². The number of carbonyl (C=O) groups is 1. The molecule has 0 radical (unpaired) electrons. The minimum absolute atomic E-state index is 0.0979. The van der Waals surface area contributed by atoms with Crippen LogP contribution < -0.4 is 11.1 Å². The minimum Gasteiger partial charge on any atom is -0.368 e. The third-order valence-electron chi connectivity index (χ3n) is 1.74. The average molecular weight is 244 g/mol. The van der Waals surface area contributed by atoms with Gasteiger partial charge in [0, 0.05) is 0 Å². The highest BCUT2D eigenvalue weighted by Gasteiger charge is 2.33. The molecule has 0 unspecified atom stereocenters. The first-order valence-corrected chi connectivity index (χ1v) is 4.35. The second kappa shape index (κ2) is 4.69.